The molecule has 128 valence electrons. The molecule has 25 heavy (non-hydrogen) atoms. The van der Waals surface area contributed by atoms with Crippen LogP contribution in [0.4, 0.5) is 18.9 Å². The minimum absolute atomic E-state index is 0.0364. The van der Waals surface area contributed by atoms with E-state index in [-0.39, 0.29) is 12.2 Å². The van der Waals surface area contributed by atoms with Crippen LogP contribution in [-0.2, 0) is 17.5 Å². The van der Waals surface area contributed by atoms with Gasteiger partial charge in [0.25, 0.3) is 0 Å². The maximum absolute atomic E-state index is 12.7. The van der Waals surface area contributed by atoms with Crippen LogP contribution in [0, 0.1) is 0 Å². The summed E-state index contributed by atoms with van der Waals surface area (Å²) in [7, 11) is 0. The van der Waals surface area contributed by atoms with Gasteiger partial charge in [-0.1, -0.05) is 6.07 Å². The molecule has 0 fully saturated rings. The first-order chi connectivity index (χ1) is 11.9. The molecule has 0 saturated carbocycles. The lowest BCUT2D eigenvalue weighted by Gasteiger charge is -2.09. The molecule has 0 atom stereocenters. The van der Waals surface area contributed by atoms with E-state index in [1.165, 1.54) is 12.1 Å². The van der Waals surface area contributed by atoms with Gasteiger partial charge in [-0.2, -0.15) is 18.0 Å². The number of nitrogens with zero attached hydrogens (tertiary/aromatic N) is 5. The monoisotopic (exact) mass is 348 g/mol. The molecule has 1 amide bonds. The zero-order chi connectivity index (χ0) is 17.9. The zero-order valence-electron chi connectivity index (χ0n) is 12.6. The molecular formula is C15H11F3N6O. The molecule has 1 aromatic carbocycles. The van der Waals surface area contributed by atoms with Crippen LogP contribution < -0.4 is 5.32 Å². The third kappa shape index (κ3) is 4.16. The standard InChI is InChI=1S/C15H11F3N6O/c16-15(17,18)11-2-1-3-12(8-11)20-13(25)9-24-22-14(21-23-24)10-4-6-19-7-5-10/h1-8H,9H2,(H,20,25). The van der Waals surface area contributed by atoms with Gasteiger partial charge in [-0.25, -0.2) is 0 Å². The Morgan fingerprint density at radius 3 is 2.64 bits per heavy atom. The van der Waals surface area contributed by atoms with Crippen molar-refractivity contribution in [3.8, 4) is 11.4 Å². The van der Waals surface area contributed by atoms with Crippen LogP contribution in [0.2, 0.25) is 0 Å². The highest BCUT2D eigenvalue weighted by molar-refractivity contribution is 5.90. The smallest absolute Gasteiger partial charge is 0.324 e. The summed E-state index contributed by atoms with van der Waals surface area (Å²) >= 11 is 0. The van der Waals surface area contributed by atoms with Gasteiger partial charge in [0.15, 0.2) is 0 Å². The molecule has 0 aliphatic heterocycles. The van der Waals surface area contributed by atoms with E-state index in [9.17, 15) is 18.0 Å². The predicted octanol–water partition coefficient (Wildman–Crippen LogP) is 2.39. The molecular weight excluding hydrogens is 337 g/mol. The highest BCUT2D eigenvalue weighted by Gasteiger charge is 2.30. The van der Waals surface area contributed by atoms with Crippen LogP contribution in [0.25, 0.3) is 11.4 Å². The van der Waals surface area contributed by atoms with Gasteiger partial charge in [0.2, 0.25) is 11.7 Å². The second kappa shape index (κ2) is 6.67. The minimum Gasteiger partial charge on any atom is -0.324 e. The summed E-state index contributed by atoms with van der Waals surface area (Å²) in [5.41, 5.74) is -0.127. The van der Waals surface area contributed by atoms with Crippen molar-refractivity contribution in [2.45, 2.75) is 12.7 Å². The number of nitrogens with one attached hydrogen (secondary N) is 1. The first kappa shape index (κ1) is 16.6. The van der Waals surface area contributed by atoms with Gasteiger partial charge >= 0.3 is 6.18 Å². The Balaban J connectivity index is 1.67. The van der Waals surface area contributed by atoms with Crippen LogP contribution in [0.1, 0.15) is 5.56 Å². The Kier molecular flexibility index (Phi) is 4.42. The number of pyridine rings is 1. The lowest BCUT2D eigenvalue weighted by Crippen LogP contribution is -2.20. The van der Waals surface area contributed by atoms with Crippen molar-refractivity contribution in [2.75, 3.05) is 5.32 Å². The number of rotatable bonds is 4. The Morgan fingerprint density at radius 1 is 1.16 bits per heavy atom. The molecule has 0 aliphatic rings. The van der Waals surface area contributed by atoms with E-state index in [1.54, 1.807) is 24.5 Å². The Bertz CT molecular complexity index is 878. The van der Waals surface area contributed by atoms with Gasteiger partial charge in [-0.3, -0.25) is 9.78 Å². The summed E-state index contributed by atoms with van der Waals surface area (Å²) in [6.45, 7) is -0.283. The lowest BCUT2D eigenvalue weighted by molar-refractivity contribution is -0.137. The largest absolute Gasteiger partial charge is 0.416 e. The Hall–Kier alpha value is -3.30. The fourth-order valence-electron chi connectivity index (χ4n) is 2.03. The summed E-state index contributed by atoms with van der Waals surface area (Å²) in [5.74, 6) is -0.257. The van der Waals surface area contributed by atoms with Gasteiger partial charge in [-0.05, 0) is 35.5 Å². The average molecular weight is 348 g/mol. The van der Waals surface area contributed by atoms with E-state index in [0.717, 1.165) is 16.9 Å². The Labute approximate surface area is 139 Å². The average Bonchev–Trinajstić information content (AvgIpc) is 3.03. The highest BCUT2D eigenvalue weighted by Crippen LogP contribution is 2.30. The molecule has 0 bridgehead atoms. The van der Waals surface area contributed by atoms with Crippen molar-refractivity contribution in [3.63, 3.8) is 0 Å². The molecule has 3 aromatic rings. The molecule has 0 spiro atoms. The molecule has 1 N–H and O–H groups in total. The van der Waals surface area contributed by atoms with Crippen molar-refractivity contribution in [1.29, 1.82) is 0 Å². The third-order valence-electron chi connectivity index (χ3n) is 3.15. The number of carbonyl (C=O) groups is 1. The fourth-order valence-corrected chi connectivity index (χ4v) is 2.03. The van der Waals surface area contributed by atoms with Gasteiger partial charge in [-0.15, -0.1) is 10.2 Å². The number of amides is 1. The molecule has 0 radical (unpaired) electrons. The quantitative estimate of drug-likeness (QED) is 0.782. The van der Waals surface area contributed by atoms with Crippen molar-refractivity contribution in [1.82, 2.24) is 25.2 Å². The van der Waals surface area contributed by atoms with Crippen LogP contribution in [0.5, 0.6) is 0 Å². The lowest BCUT2D eigenvalue weighted by atomic mass is 10.2. The number of benzene rings is 1. The van der Waals surface area contributed by atoms with Crippen molar-refractivity contribution < 1.29 is 18.0 Å². The van der Waals surface area contributed by atoms with E-state index >= 15 is 0 Å². The number of hydrogen-bond donors (Lipinski definition) is 1. The summed E-state index contributed by atoms with van der Waals surface area (Å²) in [4.78, 5) is 16.9. The number of alkyl halides is 3. The Morgan fingerprint density at radius 2 is 1.92 bits per heavy atom. The van der Waals surface area contributed by atoms with Crippen LogP contribution in [0.15, 0.2) is 48.8 Å². The summed E-state index contributed by atoms with van der Waals surface area (Å²) in [6.07, 6.45) is -1.35. The van der Waals surface area contributed by atoms with Crippen molar-refractivity contribution >= 4 is 11.6 Å². The van der Waals surface area contributed by atoms with Crippen LogP contribution in [-0.4, -0.2) is 31.1 Å². The first-order valence-corrected chi connectivity index (χ1v) is 7.07. The number of halogens is 3. The zero-order valence-corrected chi connectivity index (χ0v) is 12.6. The molecule has 7 nitrogen and oxygen atoms in total. The van der Waals surface area contributed by atoms with E-state index < -0.39 is 17.6 Å². The summed E-state index contributed by atoms with van der Waals surface area (Å²) < 4.78 is 38.0. The van der Waals surface area contributed by atoms with Gasteiger partial charge in [0, 0.05) is 23.6 Å². The minimum atomic E-state index is -4.48. The topological polar surface area (TPSA) is 85.6 Å². The molecule has 2 aromatic heterocycles. The number of aromatic nitrogens is 5. The van der Waals surface area contributed by atoms with Gasteiger partial charge < -0.3 is 5.32 Å². The molecule has 0 saturated heterocycles. The van der Waals surface area contributed by atoms with Crippen molar-refractivity contribution in [2.24, 2.45) is 0 Å². The number of hydrogen-bond acceptors (Lipinski definition) is 5. The van der Waals surface area contributed by atoms with E-state index in [0.29, 0.717) is 11.4 Å². The number of tetrazole rings is 1. The van der Waals surface area contributed by atoms with Crippen LogP contribution >= 0.6 is 0 Å². The fraction of sp³-hybridized carbons (Fsp3) is 0.133. The maximum Gasteiger partial charge on any atom is 0.416 e. The van der Waals surface area contributed by atoms with Gasteiger partial charge in [0.1, 0.15) is 6.54 Å². The molecule has 10 heteroatoms. The first-order valence-electron chi connectivity index (χ1n) is 7.07. The summed E-state index contributed by atoms with van der Waals surface area (Å²) in [5, 5.41) is 14.0. The second-order valence-electron chi connectivity index (χ2n) is 5.01. The van der Waals surface area contributed by atoms with E-state index in [4.69, 9.17) is 0 Å². The molecule has 2 heterocycles. The summed E-state index contributed by atoms with van der Waals surface area (Å²) in [6, 6.07) is 7.73. The molecule has 0 aliphatic carbocycles. The van der Waals surface area contributed by atoms with E-state index in [1.807, 2.05) is 0 Å². The van der Waals surface area contributed by atoms with E-state index in [2.05, 4.69) is 25.7 Å². The maximum atomic E-state index is 12.7. The normalized spacial score (nSPS) is 11.3. The SMILES string of the molecule is O=C(Cn1nnc(-c2ccncc2)n1)Nc1cccc(C(F)(F)F)c1. The van der Waals surface area contributed by atoms with Crippen molar-refractivity contribution in [3.05, 3.63) is 54.4 Å². The second-order valence-corrected chi connectivity index (χ2v) is 5.01. The molecule has 3 rings (SSSR count). The van der Waals surface area contributed by atoms with Gasteiger partial charge in [0.05, 0.1) is 5.56 Å². The highest BCUT2D eigenvalue weighted by atomic mass is 19.4. The predicted molar refractivity (Wildman–Crippen MR) is 81.1 cm³/mol. The van der Waals surface area contributed by atoms with Crippen LogP contribution in [0.3, 0.4) is 0 Å². The third-order valence-corrected chi connectivity index (χ3v) is 3.15. The number of carbonyl (C=O) groups excluding carboxylic acids is 1. The number of anilines is 1. The molecule has 0 unspecified atom stereocenters.